The summed E-state index contributed by atoms with van der Waals surface area (Å²) in [5.74, 6) is 6.06. The van der Waals surface area contributed by atoms with Crippen molar-refractivity contribution in [2.24, 2.45) is 7.05 Å². The van der Waals surface area contributed by atoms with Crippen LogP contribution in [-0.4, -0.2) is 9.78 Å². The molecule has 0 bridgehead atoms. The van der Waals surface area contributed by atoms with Crippen molar-refractivity contribution < 1.29 is 0 Å². The van der Waals surface area contributed by atoms with E-state index in [0.717, 1.165) is 16.7 Å². The highest BCUT2D eigenvalue weighted by Gasteiger charge is 2.09. The third-order valence-electron chi connectivity index (χ3n) is 3.33. The van der Waals surface area contributed by atoms with E-state index in [-0.39, 0.29) is 5.56 Å². The van der Waals surface area contributed by atoms with Crippen LogP contribution in [0, 0.1) is 11.8 Å². The maximum atomic E-state index is 12.4. The summed E-state index contributed by atoms with van der Waals surface area (Å²) < 4.78 is 1.31. The van der Waals surface area contributed by atoms with Gasteiger partial charge in [0.15, 0.2) is 0 Å². The summed E-state index contributed by atoms with van der Waals surface area (Å²) in [6.07, 6.45) is 1.69. The van der Waals surface area contributed by atoms with E-state index in [1.165, 1.54) is 4.68 Å². The lowest BCUT2D eigenvalue weighted by Gasteiger charge is -2.05. The molecule has 1 heterocycles. The minimum Gasteiger partial charge on any atom is -0.266 e. The molecule has 3 heteroatoms. The van der Waals surface area contributed by atoms with Crippen molar-refractivity contribution in [3.05, 3.63) is 88.3 Å². The lowest BCUT2D eigenvalue weighted by molar-refractivity contribution is 0.706. The first-order valence-corrected chi connectivity index (χ1v) is 6.94. The standard InChI is InChI=1S/C19H14N2O/c1-21-19(22)17(13-12-15-8-4-2-5-9-15)18(14-20-21)16-10-6-3-7-11-16/h2-11,14H,1H3. The lowest BCUT2D eigenvalue weighted by Crippen LogP contribution is -2.22. The van der Waals surface area contributed by atoms with Crippen LogP contribution in [0.25, 0.3) is 11.1 Å². The van der Waals surface area contributed by atoms with Crippen molar-refractivity contribution in [2.45, 2.75) is 0 Å². The van der Waals surface area contributed by atoms with E-state index >= 15 is 0 Å². The Morgan fingerprint density at radius 1 is 0.909 bits per heavy atom. The fourth-order valence-corrected chi connectivity index (χ4v) is 2.15. The summed E-state index contributed by atoms with van der Waals surface area (Å²) in [7, 11) is 1.63. The molecule has 1 aromatic heterocycles. The van der Waals surface area contributed by atoms with Crippen molar-refractivity contribution in [3.8, 4) is 23.0 Å². The van der Waals surface area contributed by atoms with E-state index in [4.69, 9.17) is 0 Å². The van der Waals surface area contributed by atoms with E-state index in [0.29, 0.717) is 5.56 Å². The molecule has 0 atom stereocenters. The molecule has 3 nitrogen and oxygen atoms in total. The second-order valence-corrected chi connectivity index (χ2v) is 4.84. The predicted octanol–water partition coefficient (Wildman–Crippen LogP) is 2.85. The van der Waals surface area contributed by atoms with Gasteiger partial charge in [-0.25, -0.2) is 4.68 Å². The summed E-state index contributed by atoms with van der Waals surface area (Å²) in [4.78, 5) is 12.4. The Morgan fingerprint density at radius 2 is 1.55 bits per heavy atom. The largest absolute Gasteiger partial charge is 0.282 e. The summed E-state index contributed by atoms with van der Waals surface area (Å²) in [5.41, 5.74) is 2.84. The van der Waals surface area contributed by atoms with Gasteiger partial charge in [0.1, 0.15) is 5.56 Å². The smallest absolute Gasteiger partial charge is 0.266 e. The highest BCUT2D eigenvalue weighted by atomic mass is 16.1. The van der Waals surface area contributed by atoms with Crippen molar-refractivity contribution in [1.29, 1.82) is 0 Å². The first-order chi connectivity index (χ1) is 10.8. The van der Waals surface area contributed by atoms with E-state index in [9.17, 15) is 4.79 Å². The molecule has 0 amide bonds. The van der Waals surface area contributed by atoms with Gasteiger partial charge in [0.25, 0.3) is 5.56 Å². The van der Waals surface area contributed by atoms with Crippen LogP contribution in [0.5, 0.6) is 0 Å². The Labute approximate surface area is 128 Å². The van der Waals surface area contributed by atoms with Crippen molar-refractivity contribution in [1.82, 2.24) is 9.78 Å². The second kappa shape index (κ2) is 6.11. The molecule has 0 aliphatic carbocycles. The Morgan fingerprint density at radius 3 is 2.23 bits per heavy atom. The van der Waals surface area contributed by atoms with Crippen molar-refractivity contribution in [2.75, 3.05) is 0 Å². The minimum atomic E-state index is -0.190. The molecule has 3 rings (SSSR count). The molecule has 3 aromatic rings. The van der Waals surface area contributed by atoms with Gasteiger partial charge in [-0.2, -0.15) is 5.10 Å². The molecule has 22 heavy (non-hydrogen) atoms. The highest BCUT2D eigenvalue weighted by Crippen LogP contribution is 2.19. The first kappa shape index (κ1) is 13.8. The van der Waals surface area contributed by atoms with E-state index in [2.05, 4.69) is 16.9 Å². The van der Waals surface area contributed by atoms with Crippen LogP contribution >= 0.6 is 0 Å². The first-order valence-electron chi connectivity index (χ1n) is 6.94. The van der Waals surface area contributed by atoms with Gasteiger partial charge >= 0.3 is 0 Å². The number of hydrogen-bond donors (Lipinski definition) is 0. The van der Waals surface area contributed by atoms with Gasteiger partial charge in [-0.3, -0.25) is 4.79 Å². The number of hydrogen-bond acceptors (Lipinski definition) is 2. The van der Waals surface area contributed by atoms with E-state index in [1.54, 1.807) is 13.2 Å². The Bertz CT molecular complexity index is 901. The molecule has 0 aliphatic rings. The van der Waals surface area contributed by atoms with Gasteiger partial charge in [0, 0.05) is 18.2 Å². The molecule has 0 spiro atoms. The fourth-order valence-electron chi connectivity index (χ4n) is 2.15. The monoisotopic (exact) mass is 286 g/mol. The third kappa shape index (κ3) is 2.82. The maximum Gasteiger partial charge on any atom is 0.282 e. The lowest BCUT2D eigenvalue weighted by atomic mass is 10.0. The SMILES string of the molecule is Cn1ncc(-c2ccccc2)c(C#Cc2ccccc2)c1=O. The molecule has 0 radical (unpaired) electrons. The molecule has 0 unspecified atom stereocenters. The van der Waals surface area contributed by atoms with Crippen LogP contribution in [0.15, 0.2) is 71.7 Å². The number of rotatable bonds is 1. The molecule has 2 aromatic carbocycles. The molecule has 0 N–H and O–H groups in total. The second-order valence-electron chi connectivity index (χ2n) is 4.84. The minimum absolute atomic E-state index is 0.190. The zero-order chi connectivity index (χ0) is 15.4. The van der Waals surface area contributed by atoms with Gasteiger partial charge in [-0.05, 0) is 17.7 Å². The zero-order valence-corrected chi connectivity index (χ0v) is 12.2. The number of aryl methyl sites for hydroxylation is 1. The summed E-state index contributed by atoms with van der Waals surface area (Å²) in [6, 6.07) is 19.3. The molecular weight excluding hydrogens is 272 g/mol. The third-order valence-corrected chi connectivity index (χ3v) is 3.33. The summed E-state index contributed by atoms with van der Waals surface area (Å²) in [5, 5.41) is 4.11. The molecular formula is C19H14N2O. The Hall–Kier alpha value is -3.12. The fraction of sp³-hybridized carbons (Fsp3) is 0.0526. The van der Waals surface area contributed by atoms with Gasteiger partial charge in [0.2, 0.25) is 0 Å². The van der Waals surface area contributed by atoms with E-state index < -0.39 is 0 Å². The predicted molar refractivity (Wildman–Crippen MR) is 87.3 cm³/mol. The number of aromatic nitrogens is 2. The topological polar surface area (TPSA) is 34.9 Å². The average molecular weight is 286 g/mol. The van der Waals surface area contributed by atoms with Crippen LogP contribution in [0.1, 0.15) is 11.1 Å². The van der Waals surface area contributed by atoms with Crippen LogP contribution in [0.3, 0.4) is 0 Å². The maximum absolute atomic E-state index is 12.4. The molecule has 0 saturated heterocycles. The van der Waals surface area contributed by atoms with Crippen LogP contribution in [0.4, 0.5) is 0 Å². The van der Waals surface area contributed by atoms with Gasteiger partial charge in [0.05, 0.1) is 6.20 Å². The van der Waals surface area contributed by atoms with Crippen molar-refractivity contribution in [3.63, 3.8) is 0 Å². The number of benzene rings is 2. The zero-order valence-electron chi connectivity index (χ0n) is 12.2. The van der Waals surface area contributed by atoms with Crippen molar-refractivity contribution >= 4 is 0 Å². The summed E-state index contributed by atoms with van der Waals surface area (Å²) >= 11 is 0. The average Bonchev–Trinajstić information content (AvgIpc) is 2.58. The molecule has 0 saturated carbocycles. The quantitative estimate of drug-likeness (QED) is 0.645. The number of nitrogens with zero attached hydrogens (tertiary/aromatic N) is 2. The Kier molecular flexibility index (Phi) is 3.84. The molecule has 0 fully saturated rings. The molecule has 106 valence electrons. The highest BCUT2D eigenvalue weighted by molar-refractivity contribution is 5.70. The van der Waals surface area contributed by atoms with Crippen LogP contribution in [0.2, 0.25) is 0 Å². The van der Waals surface area contributed by atoms with Crippen LogP contribution in [-0.2, 0) is 7.05 Å². The van der Waals surface area contributed by atoms with Gasteiger partial charge in [-0.1, -0.05) is 60.4 Å². The molecule has 0 aliphatic heterocycles. The van der Waals surface area contributed by atoms with Gasteiger partial charge < -0.3 is 0 Å². The van der Waals surface area contributed by atoms with Gasteiger partial charge in [-0.15, -0.1) is 0 Å². The van der Waals surface area contributed by atoms with Crippen LogP contribution < -0.4 is 5.56 Å². The summed E-state index contributed by atoms with van der Waals surface area (Å²) in [6.45, 7) is 0. The Balaban J connectivity index is 2.16. The van der Waals surface area contributed by atoms with E-state index in [1.807, 2.05) is 60.7 Å². The normalized spacial score (nSPS) is 9.86.